The van der Waals surface area contributed by atoms with Gasteiger partial charge in [-0.05, 0) is 0 Å². The standard InChI is InChI=1S/C8H14F2N2O2/c1-14-6-8(9,10)7(13)12-4-2-11-3-5-12/h11H,2-6H2,1H3. The Morgan fingerprint density at radius 3 is 2.57 bits per heavy atom. The molecule has 1 aliphatic heterocycles. The second-order valence-corrected chi connectivity index (χ2v) is 3.18. The molecule has 1 saturated heterocycles. The topological polar surface area (TPSA) is 41.6 Å². The Bertz CT molecular complexity index is 206. The maximum Gasteiger partial charge on any atom is 0.347 e. The van der Waals surface area contributed by atoms with Gasteiger partial charge in [-0.3, -0.25) is 4.79 Å². The average Bonchev–Trinajstić information content (AvgIpc) is 2.18. The van der Waals surface area contributed by atoms with E-state index in [0.29, 0.717) is 26.2 Å². The molecule has 1 fully saturated rings. The van der Waals surface area contributed by atoms with Crippen LogP contribution in [0.3, 0.4) is 0 Å². The van der Waals surface area contributed by atoms with E-state index in [1.54, 1.807) is 0 Å². The summed E-state index contributed by atoms with van der Waals surface area (Å²) in [5.74, 6) is -4.53. The lowest BCUT2D eigenvalue weighted by Crippen LogP contribution is -2.53. The van der Waals surface area contributed by atoms with E-state index in [1.807, 2.05) is 0 Å². The number of halogens is 2. The lowest BCUT2D eigenvalue weighted by atomic mass is 10.2. The van der Waals surface area contributed by atoms with Gasteiger partial charge in [0.25, 0.3) is 5.91 Å². The number of carbonyl (C=O) groups excluding carboxylic acids is 1. The molecule has 0 bridgehead atoms. The Labute approximate surface area is 81.2 Å². The fourth-order valence-corrected chi connectivity index (χ4v) is 1.34. The van der Waals surface area contributed by atoms with Crippen LogP contribution in [0.2, 0.25) is 0 Å². The normalized spacial score (nSPS) is 18.4. The van der Waals surface area contributed by atoms with Crippen LogP contribution in [0.5, 0.6) is 0 Å². The molecule has 1 heterocycles. The van der Waals surface area contributed by atoms with Crippen molar-refractivity contribution in [2.45, 2.75) is 5.92 Å². The van der Waals surface area contributed by atoms with Crippen LogP contribution in [0, 0.1) is 0 Å². The van der Waals surface area contributed by atoms with Gasteiger partial charge >= 0.3 is 5.92 Å². The lowest BCUT2D eigenvalue weighted by molar-refractivity contribution is -0.165. The number of hydrogen-bond donors (Lipinski definition) is 1. The minimum atomic E-state index is -3.40. The maximum absolute atomic E-state index is 13.1. The van der Waals surface area contributed by atoms with Gasteiger partial charge in [-0.2, -0.15) is 8.78 Å². The smallest absolute Gasteiger partial charge is 0.347 e. The highest BCUT2D eigenvalue weighted by molar-refractivity contribution is 5.83. The Morgan fingerprint density at radius 2 is 2.07 bits per heavy atom. The first kappa shape index (κ1) is 11.3. The van der Waals surface area contributed by atoms with Crippen LogP contribution < -0.4 is 5.32 Å². The highest BCUT2D eigenvalue weighted by Crippen LogP contribution is 2.17. The van der Waals surface area contributed by atoms with Crippen molar-refractivity contribution in [2.75, 3.05) is 39.9 Å². The van der Waals surface area contributed by atoms with Crippen molar-refractivity contribution >= 4 is 5.91 Å². The van der Waals surface area contributed by atoms with Gasteiger partial charge in [0, 0.05) is 33.3 Å². The molecule has 0 radical (unpaired) electrons. The van der Waals surface area contributed by atoms with Crippen molar-refractivity contribution in [1.29, 1.82) is 0 Å². The Balaban J connectivity index is 2.53. The van der Waals surface area contributed by atoms with Gasteiger partial charge in [0.15, 0.2) is 0 Å². The van der Waals surface area contributed by atoms with Crippen LogP contribution in [0.25, 0.3) is 0 Å². The molecular weight excluding hydrogens is 194 g/mol. The van der Waals surface area contributed by atoms with E-state index in [-0.39, 0.29) is 0 Å². The molecule has 1 aliphatic rings. The summed E-state index contributed by atoms with van der Waals surface area (Å²) in [7, 11) is 1.15. The predicted octanol–water partition coefficient (Wildman–Crippen LogP) is -0.300. The first-order valence-electron chi connectivity index (χ1n) is 4.45. The van der Waals surface area contributed by atoms with Crippen LogP contribution in [-0.2, 0) is 9.53 Å². The lowest BCUT2D eigenvalue weighted by Gasteiger charge is -2.30. The quantitative estimate of drug-likeness (QED) is 0.692. The number of rotatable bonds is 3. The molecule has 1 N–H and O–H groups in total. The summed E-state index contributed by atoms with van der Waals surface area (Å²) in [6.45, 7) is 0.940. The largest absolute Gasteiger partial charge is 0.378 e. The van der Waals surface area contributed by atoms with Gasteiger partial charge in [0.2, 0.25) is 0 Å². The number of ether oxygens (including phenoxy) is 1. The van der Waals surface area contributed by atoms with E-state index < -0.39 is 18.4 Å². The molecule has 14 heavy (non-hydrogen) atoms. The molecule has 0 unspecified atom stereocenters. The molecule has 0 aliphatic carbocycles. The van der Waals surface area contributed by atoms with Crippen LogP contribution in [0.4, 0.5) is 8.78 Å². The number of amides is 1. The summed E-state index contributed by atoms with van der Waals surface area (Å²) in [6, 6.07) is 0. The van der Waals surface area contributed by atoms with Crippen molar-refractivity contribution in [2.24, 2.45) is 0 Å². The van der Waals surface area contributed by atoms with Gasteiger partial charge in [0.1, 0.15) is 6.61 Å². The van der Waals surface area contributed by atoms with E-state index in [2.05, 4.69) is 10.1 Å². The first-order chi connectivity index (χ1) is 6.58. The fourth-order valence-electron chi connectivity index (χ4n) is 1.34. The number of alkyl halides is 2. The van der Waals surface area contributed by atoms with Crippen LogP contribution in [0.15, 0.2) is 0 Å². The summed E-state index contributed by atoms with van der Waals surface area (Å²) in [5, 5.41) is 2.98. The molecule has 0 aromatic carbocycles. The monoisotopic (exact) mass is 208 g/mol. The molecule has 4 nitrogen and oxygen atoms in total. The second kappa shape index (κ2) is 4.65. The van der Waals surface area contributed by atoms with E-state index >= 15 is 0 Å². The van der Waals surface area contributed by atoms with Gasteiger partial charge in [0.05, 0.1) is 0 Å². The number of methoxy groups -OCH3 is 1. The SMILES string of the molecule is COCC(F)(F)C(=O)N1CCNCC1. The third-order valence-corrected chi connectivity index (χ3v) is 2.04. The van der Waals surface area contributed by atoms with Gasteiger partial charge in [-0.15, -0.1) is 0 Å². The molecule has 0 aromatic heterocycles. The fraction of sp³-hybridized carbons (Fsp3) is 0.875. The van der Waals surface area contributed by atoms with Crippen LogP contribution in [-0.4, -0.2) is 56.6 Å². The minimum absolute atomic E-state index is 0.331. The molecule has 1 amide bonds. The number of piperazine rings is 1. The maximum atomic E-state index is 13.1. The van der Waals surface area contributed by atoms with E-state index in [0.717, 1.165) is 12.0 Å². The van der Waals surface area contributed by atoms with Gasteiger partial charge < -0.3 is 15.0 Å². The first-order valence-corrected chi connectivity index (χ1v) is 4.45. The summed E-state index contributed by atoms with van der Waals surface area (Å²) in [6.07, 6.45) is 0. The minimum Gasteiger partial charge on any atom is -0.378 e. The Morgan fingerprint density at radius 1 is 1.50 bits per heavy atom. The zero-order valence-electron chi connectivity index (χ0n) is 8.06. The van der Waals surface area contributed by atoms with Crippen LogP contribution >= 0.6 is 0 Å². The summed E-state index contributed by atoms with van der Waals surface area (Å²) >= 11 is 0. The molecule has 0 spiro atoms. The number of hydrogen-bond acceptors (Lipinski definition) is 3. The number of nitrogens with zero attached hydrogens (tertiary/aromatic N) is 1. The van der Waals surface area contributed by atoms with Crippen molar-refractivity contribution < 1.29 is 18.3 Å². The Kier molecular flexibility index (Phi) is 3.77. The zero-order chi connectivity index (χ0) is 10.6. The van der Waals surface area contributed by atoms with Crippen LogP contribution in [0.1, 0.15) is 0 Å². The van der Waals surface area contributed by atoms with E-state index in [1.165, 1.54) is 0 Å². The summed E-state index contributed by atoms with van der Waals surface area (Å²) < 4.78 is 30.4. The average molecular weight is 208 g/mol. The van der Waals surface area contributed by atoms with Crippen molar-refractivity contribution in [1.82, 2.24) is 10.2 Å². The zero-order valence-corrected chi connectivity index (χ0v) is 8.06. The van der Waals surface area contributed by atoms with Gasteiger partial charge in [-0.1, -0.05) is 0 Å². The molecule has 1 rings (SSSR count). The predicted molar refractivity (Wildman–Crippen MR) is 46.3 cm³/mol. The van der Waals surface area contributed by atoms with E-state index in [4.69, 9.17) is 0 Å². The summed E-state index contributed by atoms with van der Waals surface area (Å²) in [4.78, 5) is 12.4. The molecule has 0 aromatic rings. The molecular formula is C8H14F2N2O2. The van der Waals surface area contributed by atoms with Crippen molar-refractivity contribution in [3.8, 4) is 0 Å². The van der Waals surface area contributed by atoms with Gasteiger partial charge in [-0.25, -0.2) is 0 Å². The Hall–Kier alpha value is -0.750. The summed E-state index contributed by atoms with van der Waals surface area (Å²) in [5.41, 5.74) is 0. The van der Waals surface area contributed by atoms with Crippen molar-refractivity contribution in [3.63, 3.8) is 0 Å². The highest BCUT2D eigenvalue weighted by atomic mass is 19.3. The second-order valence-electron chi connectivity index (χ2n) is 3.18. The van der Waals surface area contributed by atoms with E-state index in [9.17, 15) is 13.6 Å². The highest BCUT2D eigenvalue weighted by Gasteiger charge is 2.42. The third kappa shape index (κ3) is 2.62. The molecule has 82 valence electrons. The van der Waals surface area contributed by atoms with Crippen molar-refractivity contribution in [3.05, 3.63) is 0 Å². The third-order valence-electron chi connectivity index (χ3n) is 2.04. The molecule has 0 atom stereocenters. The number of carbonyl (C=O) groups is 1. The molecule has 0 saturated carbocycles. The molecule has 6 heteroatoms. The number of nitrogens with one attached hydrogen (secondary N) is 1.